The number of ether oxygens (including phenoxy) is 1. The minimum atomic E-state index is -0.371. The largest absolute Gasteiger partial charge is 0.472 e. The maximum absolute atomic E-state index is 11.1. The lowest BCUT2D eigenvalue weighted by atomic mass is 9.96. The van der Waals surface area contributed by atoms with Gasteiger partial charge in [0.15, 0.2) is 7.85 Å². The van der Waals surface area contributed by atoms with Crippen LogP contribution in [0.2, 0.25) is 0 Å². The average molecular weight is 142 g/mol. The summed E-state index contributed by atoms with van der Waals surface area (Å²) >= 11 is 0. The van der Waals surface area contributed by atoms with Gasteiger partial charge in [-0.3, -0.25) is 4.79 Å². The van der Waals surface area contributed by atoms with Crippen molar-refractivity contribution >= 4 is 13.8 Å². The van der Waals surface area contributed by atoms with Crippen molar-refractivity contribution in [2.24, 2.45) is 5.41 Å². The van der Waals surface area contributed by atoms with Gasteiger partial charge in [-0.25, -0.2) is 0 Å². The van der Waals surface area contributed by atoms with Crippen LogP contribution >= 0.6 is 0 Å². The summed E-state index contributed by atoms with van der Waals surface area (Å²) in [6.07, 6.45) is 0. The molecule has 0 bridgehead atoms. The van der Waals surface area contributed by atoms with Crippen LogP contribution in [0.25, 0.3) is 0 Å². The lowest BCUT2D eigenvalue weighted by Crippen LogP contribution is -2.26. The van der Waals surface area contributed by atoms with Crippen LogP contribution in [0.4, 0.5) is 0 Å². The molecule has 0 aromatic carbocycles. The van der Waals surface area contributed by atoms with Crippen LogP contribution in [0.5, 0.6) is 0 Å². The van der Waals surface area contributed by atoms with E-state index in [2.05, 4.69) is 0 Å². The zero-order valence-electron chi connectivity index (χ0n) is 7.39. The summed E-state index contributed by atoms with van der Waals surface area (Å²) < 4.78 is 4.98. The average Bonchev–Trinajstić information content (AvgIpc) is 1.60. The van der Waals surface area contributed by atoms with Crippen molar-refractivity contribution in [3.8, 4) is 0 Å². The Labute approximate surface area is 63.4 Å². The molecular weight excluding hydrogens is 127 g/mol. The Morgan fingerprint density at radius 2 is 1.90 bits per heavy atom. The number of esters is 1. The molecule has 0 amide bonds. The van der Waals surface area contributed by atoms with Gasteiger partial charge in [0.25, 0.3) is 0 Å². The van der Waals surface area contributed by atoms with Crippen LogP contribution in [-0.4, -0.2) is 19.8 Å². The SMILES string of the molecule is BC(C)OC(=O)C(C)(C)C. The number of hydrogen-bond acceptors (Lipinski definition) is 2. The molecule has 0 aliphatic heterocycles. The molecule has 0 aromatic rings. The zero-order valence-corrected chi connectivity index (χ0v) is 7.39. The summed E-state index contributed by atoms with van der Waals surface area (Å²) in [5, 5.41) is 0. The monoisotopic (exact) mass is 142 g/mol. The third kappa shape index (κ3) is 3.54. The van der Waals surface area contributed by atoms with Gasteiger partial charge in [0.05, 0.1) is 11.4 Å². The minimum absolute atomic E-state index is 0.00766. The first-order valence-electron chi connectivity index (χ1n) is 3.55. The lowest BCUT2D eigenvalue weighted by molar-refractivity contribution is -0.154. The maximum Gasteiger partial charge on any atom is 0.310 e. The quantitative estimate of drug-likeness (QED) is 0.394. The molecule has 0 saturated carbocycles. The molecule has 0 spiro atoms. The second-order valence-electron chi connectivity index (χ2n) is 3.70. The van der Waals surface area contributed by atoms with Gasteiger partial charge in [-0.2, -0.15) is 0 Å². The van der Waals surface area contributed by atoms with Crippen LogP contribution in [0, 0.1) is 5.41 Å². The highest BCUT2D eigenvalue weighted by atomic mass is 16.5. The van der Waals surface area contributed by atoms with Crippen LogP contribution in [0.15, 0.2) is 0 Å². The molecule has 0 heterocycles. The number of rotatable bonds is 1. The van der Waals surface area contributed by atoms with E-state index in [1.54, 1.807) is 0 Å². The van der Waals surface area contributed by atoms with E-state index < -0.39 is 0 Å². The van der Waals surface area contributed by atoms with Crippen LogP contribution in [-0.2, 0) is 9.53 Å². The third-order valence-electron chi connectivity index (χ3n) is 0.955. The van der Waals surface area contributed by atoms with Crippen molar-refractivity contribution in [3.63, 3.8) is 0 Å². The summed E-state index contributed by atoms with van der Waals surface area (Å²) in [6.45, 7) is 7.39. The van der Waals surface area contributed by atoms with Gasteiger partial charge in [0.2, 0.25) is 0 Å². The smallest absolute Gasteiger partial charge is 0.310 e. The van der Waals surface area contributed by atoms with E-state index in [9.17, 15) is 4.79 Å². The first-order chi connectivity index (χ1) is 4.34. The Balaban J connectivity index is 3.87. The Kier molecular flexibility index (Phi) is 2.94. The van der Waals surface area contributed by atoms with Crippen molar-refractivity contribution in [1.82, 2.24) is 0 Å². The molecule has 3 heteroatoms. The number of hydrogen-bond donors (Lipinski definition) is 0. The summed E-state index contributed by atoms with van der Waals surface area (Å²) in [5.74, 6) is -0.137. The Morgan fingerprint density at radius 1 is 1.50 bits per heavy atom. The molecule has 1 unspecified atom stereocenters. The first-order valence-corrected chi connectivity index (χ1v) is 3.55. The molecule has 10 heavy (non-hydrogen) atoms. The van der Waals surface area contributed by atoms with Crippen molar-refractivity contribution in [2.75, 3.05) is 0 Å². The van der Waals surface area contributed by atoms with Crippen molar-refractivity contribution in [3.05, 3.63) is 0 Å². The molecular formula is C7H15BO2. The zero-order chi connectivity index (χ0) is 8.36. The molecule has 2 nitrogen and oxygen atoms in total. The lowest BCUT2D eigenvalue weighted by Gasteiger charge is -2.18. The fourth-order valence-electron chi connectivity index (χ4n) is 0.391. The molecule has 0 aliphatic carbocycles. The molecule has 0 aromatic heterocycles. The molecule has 0 saturated heterocycles. The standard InChI is InChI=1S/C7H15BO2/c1-5(8)10-6(9)7(2,3)4/h5H,8H2,1-4H3. The Hall–Kier alpha value is -0.465. The van der Waals surface area contributed by atoms with E-state index in [0.29, 0.717) is 0 Å². The second kappa shape index (κ2) is 3.08. The molecule has 0 aliphatic rings. The summed E-state index contributed by atoms with van der Waals surface area (Å²) in [5.41, 5.74) is -0.371. The summed E-state index contributed by atoms with van der Waals surface area (Å²) in [6, 6.07) is -0.00766. The molecule has 0 radical (unpaired) electrons. The third-order valence-corrected chi connectivity index (χ3v) is 0.955. The topological polar surface area (TPSA) is 26.3 Å². The Bertz CT molecular complexity index is 124. The molecule has 0 N–H and O–H groups in total. The maximum atomic E-state index is 11.1. The predicted molar refractivity (Wildman–Crippen MR) is 43.6 cm³/mol. The molecule has 0 fully saturated rings. The van der Waals surface area contributed by atoms with E-state index in [4.69, 9.17) is 4.74 Å². The van der Waals surface area contributed by atoms with Crippen molar-refractivity contribution in [1.29, 1.82) is 0 Å². The van der Waals surface area contributed by atoms with E-state index >= 15 is 0 Å². The van der Waals surface area contributed by atoms with Gasteiger partial charge in [-0.1, -0.05) is 0 Å². The van der Waals surface area contributed by atoms with Crippen molar-refractivity contribution < 1.29 is 9.53 Å². The molecule has 1 atom stereocenters. The Morgan fingerprint density at radius 3 is 2.00 bits per heavy atom. The van der Waals surface area contributed by atoms with Crippen LogP contribution in [0.3, 0.4) is 0 Å². The number of carbonyl (C=O) groups is 1. The number of carbonyl (C=O) groups excluding carboxylic acids is 1. The molecule has 0 rings (SSSR count). The van der Waals surface area contributed by atoms with Crippen LogP contribution < -0.4 is 0 Å². The van der Waals surface area contributed by atoms with E-state index in [0.717, 1.165) is 0 Å². The first kappa shape index (κ1) is 9.53. The van der Waals surface area contributed by atoms with Crippen molar-refractivity contribution in [2.45, 2.75) is 33.7 Å². The van der Waals surface area contributed by atoms with Gasteiger partial charge < -0.3 is 4.74 Å². The highest BCUT2D eigenvalue weighted by molar-refractivity contribution is 6.11. The second-order valence-corrected chi connectivity index (χ2v) is 3.70. The minimum Gasteiger partial charge on any atom is -0.472 e. The van der Waals surface area contributed by atoms with E-state index in [1.807, 2.05) is 35.5 Å². The van der Waals surface area contributed by atoms with Gasteiger partial charge in [0.1, 0.15) is 0 Å². The highest BCUT2D eigenvalue weighted by Gasteiger charge is 2.23. The predicted octanol–water partition coefficient (Wildman–Crippen LogP) is 0.555. The fraction of sp³-hybridized carbons (Fsp3) is 0.857. The van der Waals surface area contributed by atoms with Gasteiger partial charge >= 0.3 is 5.97 Å². The van der Waals surface area contributed by atoms with E-state index in [1.165, 1.54) is 0 Å². The summed E-state index contributed by atoms with van der Waals surface area (Å²) in [7, 11) is 1.85. The van der Waals surface area contributed by atoms with Gasteiger partial charge in [0, 0.05) is 0 Å². The van der Waals surface area contributed by atoms with Gasteiger partial charge in [-0.05, 0) is 27.7 Å². The van der Waals surface area contributed by atoms with Gasteiger partial charge in [-0.15, -0.1) is 0 Å². The van der Waals surface area contributed by atoms with E-state index in [-0.39, 0.29) is 17.4 Å². The normalized spacial score (nSPS) is 14.4. The highest BCUT2D eigenvalue weighted by Crippen LogP contribution is 2.15. The fourth-order valence-corrected chi connectivity index (χ4v) is 0.391. The summed E-state index contributed by atoms with van der Waals surface area (Å²) in [4.78, 5) is 11.1. The van der Waals surface area contributed by atoms with Crippen LogP contribution in [0.1, 0.15) is 27.7 Å². The molecule has 58 valence electrons.